The standard InChI is InChI=1S/C15H18N4O/c1-10-7-14(19(2)18-10)17-15(20)13-8-11-5-3-4-6-12(11)9-16-13/h3-7,13,16H,8-9H2,1-2H3,(H,17,20)/t13-/m1/s1. The minimum atomic E-state index is -0.194. The van der Waals surface area contributed by atoms with Crippen molar-refractivity contribution in [1.82, 2.24) is 15.1 Å². The van der Waals surface area contributed by atoms with Crippen molar-refractivity contribution in [3.8, 4) is 0 Å². The molecule has 1 aliphatic heterocycles. The molecule has 20 heavy (non-hydrogen) atoms. The lowest BCUT2D eigenvalue weighted by Gasteiger charge is -2.25. The van der Waals surface area contributed by atoms with Crippen molar-refractivity contribution < 1.29 is 4.79 Å². The molecule has 0 saturated carbocycles. The van der Waals surface area contributed by atoms with E-state index < -0.39 is 0 Å². The highest BCUT2D eigenvalue weighted by atomic mass is 16.2. The predicted molar refractivity (Wildman–Crippen MR) is 77.3 cm³/mol. The van der Waals surface area contributed by atoms with E-state index in [1.165, 1.54) is 11.1 Å². The maximum Gasteiger partial charge on any atom is 0.243 e. The Hall–Kier alpha value is -2.14. The van der Waals surface area contributed by atoms with Gasteiger partial charge in [-0.1, -0.05) is 24.3 Å². The number of aryl methyl sites for hydroxylation is 2. The Balaban J connectivity index is 1.72. The molecule has 2 N–H and O–H groups in total. The molecule has 5 nitrogen and oxygen atoms in total. The number of hydrogen-bond acceptors (Lipinski definition) is 3. The number of nitrogens with zero attached hydrogens (tertiary/aromatic N) is 2. The summed E-state index contributed by atoms with van der Waals surface area (Å²) in [5, 5.41) is 10.4. The second kappa shape index (κ2) is 5.09. The van der Waals surface area contributed by atoms with Crippen LogP contribution >= 0.6 is 0 Å². The largest absolute Gasteiger partial charge is 0.310 e. The summed E-state index contributed by atoms with van der Waals surface area (Å²) in [6.45, 7) is 2.64. The second-order valence-electron chi connectivity index (χ2n) is 5.19. The summed E-state index contributed by atoms with van der Waals surface area (Å²) < 4.78 is 1.68. The molecule has 0 radical (unpaired) electrons. The van der Waals surface area contributed by atoms with Gasteiger partial charge in [0.2, 0.25) is 5.91 Å². The van der Waals surface area contributed by atoms with Crippen LogP contribution in [0.4, 0.5) is 5.82 Å². The van der Waals surface area contributed by atoms with Gasteiger partial charge in [0.25, 0.3) is 0 Å². The monoisotopic (exact) mass is 270 g/mol. The second-order valence-corrected chi connectivity index (χ2v) is 5.19. The third kappa shape index (κ3) is 2.44. The van der Waals surface area contributed by atoms with Crippen LogP contribution in [-0.2, 0) is 24.8 Å². The van der Waals surface area contributed by atoms with Crippen molar-refractivity contribution in [3.63, 3.8) is 0 Å². The first-order valence-corrected chi connectivity index (χ1v) is 6.75. The van der Waals surface area contributed by atoms with Gasteiger partial charge in [0.05, 0.1) is 11.7 Å². The molecule has 0 fully saturated rings. The first-order valence-electron chi connectivity index (χ1n) is 6.75. The third-order valence-corrected chi connectivity index (χ3v) is 3.65. The molecule has 0 aliphatic carbocycles. The quantitative estimate of drug-likeness (QED) is 0.867. The highest BCUT2D eigenvalue weighted by molar-refractivity contribution is 5.94. The molecule has 104 valence electrons. The number of anilines is 1. The zero-order valence-corrected chi connectivity index (χ0v) is 11.7. The third-order valence-electron chi connectivity index (χ3n) is 3.65. The van der Waals surface area contributed by atoms with Gasteiger partial charge in [-0.3, -0.25) is 9.48 Å². The molecule has 1 amide bonds. The van der Waals surface area contributed by atoms with Gasteiger partial charge in [-0.15, -0.1) is 0 Å². The Morgan fingerprint density at radius 1 is 1.40 bits per heavy atom. The molecule has 0 saturated heterocycles. The van der Waals surface area contributed by atoms with Gasteiger partial charge in [-0.25, -0.2) is 0 Å². The molecular weight excluding hydrogens is 252 g/mol. The number of carbonyl (C=O) groups is 1. The number of aromatic nitrogens is 2. The van der Waals surface area contributed by atoms with Crippen molar-refractivity contribution >= 4 is 11.7 Å². The molecule has 1 aliphatic rings. The Kier molecular flexibility index (Phi) is 3.28. The summed E-state index contributed by atoms with van der Waals surface area (Å²) in [6, 6.07) is 9.91. The van der Waals surface area contributed by atoms with Crippen LogP contribution in [0.2, 0.25) is 0 Å². The molecule has 2 heterocycles. The first-order chi connectivity index (χ1) is 9.63. The van der Waals surface area contributed by atoms with E-state index >= 15 is 0 Å². The molecule has 5 heteroatoms. The van der Waals surface area contributed by atoms with Crippen LogP contribution < -0.4 is 10.6 Å². The van der Waals surface area contributed by atoms with Gasteiger partial charge in [0, 0.05) is 19.7 Å². The lowest BCUT2D eigenvalue weighted by Crippen LogP contribution is -2.44. The maximum atomic E-state index is 12.3. The molecule has 3 rings (SSSR count). The van der Waals surface area contributed by atoms with Crippen molar-refractivity contribution in [3.05, 3.63) is 47.2 Å². The van der Waals surface area contributed by atoms with Crippen LogP contribution in [0, 0.1) is 6.92 Å². The lowest BCUT2D eigenvalue weighted by atomic mass is 9.95. The summed E-state index contributed by atoms with van der Waals surface area (Å²) in [5.74, 6) is 0.718. The smallest absolute Gasteiger partial charge is 0.243 e. The van der Waals surface area contributed by atoms with Crippen LogP contribution in [0.15, 0.2) is 30.3 Å². The van der Waals surface area contributed by atoms with Gasteiger partial charge in [0.1, 0.15) is 5.82 Å². The summed E-state index contributed by atoms with van der Waals surface area (Å²) in [4.78, 5) is 12.3. The summed E-state index contributed by atoms with van der Waals surface area (Å²) in [7, 11) is 1.83. The zero-order chi connectivity index (χ0) is 14.1. The van der Waals surface area contributed by atoms with Gasteiger partial charge in [-0.2, -0.15) is 5.10 Å². The fraction of sp³-hybridized carbons (Fsp3) is 0.333. The van der Waals surface area contributed by atoms with Crippen LogP contribution in [0.5, 0.6) is 0 Å². The molecule has 2 aromatic rings. The molecule has 1 atom stereocenters. The minimum Gasteiger partial charge on any atom is -0.310 e. The molecule has 0 unspecified atom stereocenters. The van der Waals surface area contributed by atoms with E-state index in [0.29, 0.717) is 0 Å². The fourth-order valence-corrected chi connectivity index (χ4v) is 2.58. The van der Waals surface area contributed by atoms with Gasteiger partial charge in [-0.05, 0) is 24.5 Å². The molecular formula is C15H18N4O. The summed E-state index contributed by atoms with van der Waals surface area (Å²) in [5.41, 5.74) is 3.41. The number of fused-ring (bicyclic) bond motifs is 1. The molecule has 0 spiro atoms. The molecule has 1 aromatic heterocycles. The van der Waals surface area contributed by atoms with Crippen LogP contribution in [-0.4, -0.2) is 21.7 Å². The number of hydrogen-bond donors (Lipinski definition) is 2. The Morgan fingerprint density at radius 2 is 2.15 bits per heavy atom. The van der Waals surface area contributed by atoms with E-state index in [-0.39, 0.29) is 11.9 Å². The number of amides is 1. The lowest BCUT2D eigenvalue weighted by molar-refractivity contribution is -0.118. The van der Waals surface area contributed by atoms with Crippen molar-refractivity contribution in [1.29, 1.82) is 0 Å². The van der Waals surface area contributed by atoms with Crippen LogP contribution in [0.3, 0.4) is 0 Å². The highest BCUT2D eigenvalue weighted by Gasteiger charge is 2.24. The average Bonchev–Trinajstić information content (AvgIpc) is 2.76. The van der Waals surface area contributed by atoms with Crippen molar-refractivity contribution in [2.75, 3.05) is 5.32 Å². The Labute approximate surface area is 118 Å². The molecule has 0 bridgehead atoms. The fourth-order valence-electron chi connectivity index (χ4n) is 2.58. The average molecular weight is 270 g/mol. The van der Waals surface area contributed by atoms with E-state index in [1.54, 1.807) is 4.68 Å². The number of nitrogens with one attached hydrogen (secondary N) is 2. The zero-order valence-electron chi connectivity index (χ0n) is 11.7. The maximum absolute atomic E-state index is 12.3. The number of rotatable bonds is 2. The van der Waals surface area contributed by atoms with Crippen molar-refractivity contribution in [2.24, 2.45) is 7.05 Å². The van der Waals surface area contributed by atoms with Gasteiger partial charge < -0.3 is 10.6 Å². The number of carbonyl (C=O) groups excluding carboxylic acids is 1. The molecule has 1 aromatic carbocycles. The van der Waals surface area contributed by atoms with Crippen LogP contribution in [0.1, 0.15) is 16.8 Å². The Bertz CT molecular complexity index is 647. The Morgan fingerprint density at radius 3 is 2.85 bits per heavy atom. The van der Waals surface area contributed by atoms with E-state index in [1.807, 2.05) is 32.2 Å². The first kappa shape index (κ1) is 12.9. The van der Waals surface area contributed by atoms with E-state index in [4.69, 9.17) is 0 Å². The van der Waals surface area contributed by atoms with Gasteiger partial charge >= 0.3 is 0 Å². The summed E-state index contributed by atoms with van der Waals surface area (Å²) >= 11 is 0. The highest BCUT2D eigenvalue weighted by Crippen LogP contribution is 2.17. The SMILES string of the molecule is Cc1cc(NC(=O)[C@H]2Cc3ccccc3CN2)n(C)n1. The van der Waals surface area contributed by atoms with E-state index in [2.05, 4.69) is 27.9 Å². The number of benzene rings is 1. The topological polar surface area (TPSA) is 59.0 Å². The predicted octanol–water partition coefficient (Wildman–Crippen LogP) is 1.38. The van der Waals surface area contributed by atoms with Gasteiger partial charge in [0.15, 0.2) is 0 Å². The normalized spacial score (nSPS) is 17.6. The van der Waals surface area contributed by atoms with E-state index in [9.17, 15) is 4.79 Å². The summed E-state index contributed by atoms with van der Waals surface area (Å²) in [6.07, 6.45) is 0.721. The van der Waals surface area contributed by atoms with Crippen LogP contribution in [0.25, 0.3) is 0 Å². The van der Waals surface area contributed by atoms with E-state index in [0.717, 1.165) is 24.5 Å². The van der Waals surface area contributed by atoms with Crippen molar-refractivity contribution in [2.45, 2.75) is 25.9 Å². The minimum absolute atomic E-state index is 0.0116.